The van der Waals surface area contributed by atoms with E-state index in [2.05, 4.69) is 31.3 Å². The van der Waals surface area contributed by atoms with Crippen LogP contribution in [0.5, 0.6) is 0 Å². The van der Waals surface area contributed by atoms with Crippen LogP contribution in [0.3, 0.4) is 0 Å². The first-order valence-electron chi connectivity index (χ1n) is 12.1. The number of alkyl halides is 1. The zero-order valence-corrected chi connectivity index (χ0v) is 22.1. The molecule has 3 N–H and O–H groups in total. The number of carbonyl (C=O) groups excluding carboxylic acids is 3. The molecule has 2 aliphatic rings. The van der Waals surface area contributed by atoms with Crippen LogP contribution in [-0.2, 0) is 25.6 Å². The van der Waals surface area contributed by atoms with E-state index in [9.17, 15) is 18.8 Å². The SMILES string of the molecule is CC(=O)c1nn(CC(=O)N2C[C@H](F)C[C@H]2C(=O)Nc2cccc(Br)n2)c2ccc(C3OCC(N)CO3)cc12. The van der Waals surface area contributed by atoms with E-state index in [1.54, 1.807) is 36.4 Å². The van der Waals surface area contributed by atoms with E-state index in [1.807, 2.05) is 0 Å². The molecule has 11 nitrogen and oxygen atoms in total. The van der Waals surface area contributed by atoms with E-state index in [0.29, 0.717) is 34.3 Å². The molecular weight excluding hydrogens is 563 g/mol. The summed E-state index contributed by atoms with van der Waals surface area (Å²) >= 11 is 3.24. The van der Waals surface area contributed by atoms with Crippen LogP contribution in [0.25, 0.3) is 10.9 Å². The minimum atomic E-state index is -1.35. The Hall–Kier alpha value is -3.26. The third-order valence-corrected chi connectivity index (χ3v) is 6.87. The van der Waals surface area contributed by atoms with Crippen molar-refractivity contribution in [3.8, 4) is 0 Å². The minimum absolute atomic E-state index is 0.126. The highest BCUT2D eigenvalue weighted by molar-refractivity contribution is 9.10. The normalized spacial score (nSPS) is 23.5. The number of ketones is 1. The van der Waals surface area contributed by atoms with Gasteiger partial charge in [-0.2, -0.15) is 5.10 Å². The summed E-state index contributed by atoms with van der Waals surface area (Å²) in [5.41, 5.74) is 7.22. The summed E-state index contributed by atoms with van der Waals surface area (Å²) < 4.78 is 27.6. The molecule has 0 bridgehead atoms. The van der Waals surface area contributed by atoms with Crippen molar-refractivity contribution in [1.82, 2.24) is 19.7 Å². The Morgan fingerprint density at radius 3 is 2.68 bits per heavy atom. The lowest BCUT2D eigenvalue weighted by Crippen LogP contribution is -2.44. The van der Waals surface area contributed by atoms with Gasteiger partial charge in [0.15, 0.2) is 12.1 Å². The van der Waals surface area contributed by atoms with E-state index < -0.39 is 30.3 Å². The summed E-state index contributed by atoms with van der Waals surface area (Å²) in [5, 5.41) is 7.55. The van der Waals surface area contributed by atoms with E-state index in [0.717, 1.165) is 0 Å². The summed E-state index contributed by atoms with van der Waals surface area (Å²) in [6.45, 7) is 1.57. The van der Waals surface area contributed by atoms with Gasteiger partial charge in [-0.05, 0) is 40.2 Å². The van der Waals surface area contributed by atoms with Gasteiger partial charge in [0.25, 0.3) is 0 Å². The van der Waals surface area contributed by atoms with Crippen LogP contribution in [0.1, 0.15) is 35.7 Å². The molecule has 0 aliphatic carbocycles. The van der Waals surface area contributed by atoms with Gasteiger partial charge in [0.05, 0.1) is 31.3 Å². The standard InChI is InChI=1S/C25H26BrFN6O5/c1-13(34)23-17-7-14(25-37-11-16(28)12-38-25)5-6-18(17)33(31-23)10-22(35)32-9-15(27)8-19(32)24(36)30-21-4-2-3-20(26)29-21/h2-7,15-16,19,25H,8-12,28H2,1H3,(H,29,30,36)/t15-,16?,19+,25?/m1/s1. The number of fused-ring (bicyclic) bond motifs is 1. The topological polar surface area (TPSA) is 142 Å². The van der Waals surface area contributed by atoms with Gasteiger partial charge in [0.2, 0.25) is 11.8 Å². The monoisotopic (exact) mass is 588 g/mol. The van der Waals surface area contributed by atoms with Gasteiger partial charge in [-0.1, -0.05) is 12.1 Å². The maximum Gasteiger partial charge on any atom is 0.248 e. The number of aromatic nitrogens is 3. The summed E-state index contributed by atoms with van der Waals surface area (Å²) in [6, 6.07) is 9.03. The first-order valence-corrected chi connectivity index (χ1v) is 12.9. The molecule has 4 heterocycles. The number of Topliss-reactive ketones (excluding diaryl/α,β-unsaturated/α-hetero) is 1. The Morgan fingerprint density at radius 1 is 1.21 bits per heavy atom. The lowest BCUT2D eigenvalue weighted by atomic mass is 10.1. The Morgan fingerprint density at radius 2 is 1.97 bits per heavy atom. The number of hydrogen-bond acceptors (Lipinski definition) is 8. The average Bonchev–Trinajstić information content (AvgIpc) is 3.45. The largest absolute Gasteiger partial charge is 0.347 e. The number of nitrogens with two attached hydrogens (primary N) is 1. The van der Waals surface area contributed by atoms with Crippen LogP contribution in [0.2, 0.25) is 0 Å². The smallest absolute Gasteiger partial charge is 0.248 e. The third kappa shape index (κ3) is 5.46. The molecule has 38 heavy (non-hydrogen) atoms. The molecule has 13 heteroatoms. The number of rotatable bonds is 6. The molecule has 0 spiro atoms. The highest BCUT2D eigenvalue weighted by Crippen LogP contribution is 2.29. The summed E-state index contributed by atoms with van der Waals surface area (Å²) in [5.74, 6) is -1.03. The summed E-state index contributed by atoms with van der Waals surface area (Å²) in [4.78, 5) is 44.0. The zero-order chi connectivity index (χ0) is 27.0. The Bertz CT molecular complexity index is 1390. The van der Waals surface area contributed by atoms with Crippen molar-refractivity contribution in [2.24, 2.45) is 5.73 Å². The first-order chi connectivity index (χ1) is 18.2. The second-order valence-electron chi connectivity index (χ2n) is 9.33. The molecular formula is C25H26BrFN6O5. The number of anilines is 1. The first kappa shape index (κ1) is 26.4. The number of carbonyl (C=O) groups is 3. The molecule has 3 aromatic rings. The number of halogens is 2. The maximum atomic E-state index is 14.4. The van der Waals surface area contributed by atoms with E-state index in [-0.39, 0.29) is 42.8 Å². The number of nitrogens with zero attached hydrogens (tertiary/aromatic N) is 4. The number of benzene rings is 1. The number of likely N-dealkylation sites (tertiary alicyclic amines) is 1. The molecule has 2 amide bonds. The lowest BCUT2D eigenvalue weighted by molar-refractivity contribution is -0.189. The maximum absolute atomic E-state index is 14.4. The Kier molecular flexibility index (Phi) is 7.52. The van der Waals surface area contributed by atoms with Crippen molar-refractivity contribution in [2.45, 2.75) is 44.4 Å². The molecule has 0 unspecified atom stereocenters. The van der Waals surface area contributed by atoms with Crippen molar-refractivity contribution in [3.63, 3.8) is 0 Å². The molecule has 2 atom stereocenters. The molecule has 200 valence electrons. The Balaban J connectivity index is 1.37. The van der Waals surface area contributed by atoms with Gasteiger partial charge in [-0.25, -0.2) is 9.37 Å². The summed E-state index contributed by atoms with van der Waals surface area (Å²) in [6.07, 6.45) is -2.11. The minimum Gasteiger partial charge on any atom is -0.347 e. The number of ether oxygens (including phenoxy) is 2. The van der Waals surface area contributed by atoms with Gasteiger partial charge in [-0.15, -0.1) is 0 Å². The fraction of sp³-hybridized carbons (Fsp3) is 0.400. The predicted octanol–water partition coefficient (Wildman–Crippen LogP) is 2.35. The van der Waals surface area contributed by atoms with Gasteiger partial charge >= 0.3 is 0 Å². The van der Waals surface area contributed by atoms with Crippen molar-refractivity contribution in [3.05, 3.63) is 52.3 Å². The predicted molar refractivity (Wildman–Crippen MR) is 138 cm³/mol. The fourth-order valence-corrected chi connectivity index (χ4v) is 4.99. The number of pyridine rings is 1. The highest BCUT2D eigenvalue weighted by Gasteiger charge is 2.40. The lowest BCUT2D eigenvalue weighted by Gasteiger charge is -2.27. The van der Waals surface area contributed by atoms with Crippen molar-refractivity contribution in [1.29, 1.82) is 0 Å². The zero-order valence-electron chi connectivity index (χ0n) is 20.5. The molecule has 2 aromatic heterocycles. The molecule has 5 rings (SSSR count). The van der Waals surface area contributed by atoms with E-state index in [1.165, 1.54) is 16.5 Å². The van der Waals surface area contributed by atoms with Crippen LogP contribution < -0.4 is 11.1 Å². The van der Waals surface area contributed by atoms with Crippen LogP contribution in [0, 0.1) is 0 Å². The van der Waals surface area contributed by atoms with Gasteiger partial charge < -0.3 is 25.4 Å². The Labute approximate surface area is 225 Å². The second kappa shape index (κ2) is 10.8. The van der Waals surface area contributed by atoms with Crippen LogP contribution in [0.15, 0.2) is 41.0 Å². The second-order valence-corrected chi connectivity index (χ2v) is 10.1. The molecule has 2 fully saturated rings. The van der Waals surface area contributed by atoms with Crippen LogP contribution in [0.4, 0.5) is 10.2 Å². The quantitative estimate of drug-likeness (QED) is 0.330. The molecule has 0 radical (unpaired) electrons. The van der Waals surface area contributed by atoms with Crippen molar-refractivity contribution in [2.75, 3.05) is 25.1 Å². The van der Waals surface area contributed by atoms with Crippen LogP contribution in [-0.4, -0.2) is 75.3 Å². The van der Waals surface area contributed by atoms with Gasteiger partial charge in [0.1, 0.15) is 34.9 Å². The van der Waals surface area contributed by atoms with Gasteiger partial charge in [0, 0.05) is 24.3 Å². The molecule has 2 saturated heterocycles. The third-order valence-electron chi connectivity index (χ3n) is 6.43. The number of amides is 2. The molecule has 2 aliphatic heterocycles. The van der Waals surface area contributed by atoms with E-state index in [4.69, 9.17) is 15.2 Å². The highest BCUT2D eigenvalue weighted by atomic mass is 79.9. The van der Waals surface area contributed by atoms with E-state index >= 15 is 0 Å². The van der Waals surface area contributed by atoms with Gasteiger partial charge in [-0.3, -0.25) is 19.1 Å². The van der Waals surface area contributed by atoms with Crippen molar-refractivity contribution >= 4 is 50.2 Å². The summed E-state index contributed by atoms with van der Waals surface area (Å²) in [7, 11) is 0. The number of hydrogen-bond donors (Lipinski definition) is 2. The number of nitrogens with one attached hydrogen (secondary N) is 1. The fourth-order valence-electron chi connectivity index (χ4n) is 4.65. The molecule has 0 saturated carbocycles. The van der Waals surface area contributed by atoms with Crippen LogP contribution >= 0.6 is 15.9 Å². The molecule has 1 aromatic carbocycles. The average molecular weight is 589 g/mol. The van der Waals surface area contributed by atoms with Crippen molar-refractivity contribution < 1.29 is 28.2 Å².